The van der Waals surface area contributed by atoms with Gasteiger partial charge in [0.25, 0.3) is 0 Å². The van der Waals surface area contributed by atoms with Crippen LogP contribution in [0.4, 0.5) is 0 Å². The molecule has 1 amide bonds. The minimum Gasteiger partial charge on any atom is -0.383 e. The van der Waals surface area contributed by atoms with E-state index >= 15 is 0 Å². The minimum absolute atomic E-state index is 0.00991. The van der Waals surface area contributed by atoms with Gasteiger partial charge in [-0.3, -0.25) is 9.48 Å². The van der Waals surface area contributed by atoms with Gasteiger partial charge < -0.3 is 15.0 Å². The number of methoxy groups -OCH3 is 1. The van der Waals surface area contributed by atoms with Crippen LogP contribution in [0.25, 0.3) is 0 Å². The molecule has 2 atom stereocenters. The fraction of sp³-hybridized carbons (Fsp3) is 0.571. The minimum atomic E-state index is -0.263. The van der Waals surface area contributed by atoms with Crippen LogP contribution < -0.4 is 5.32 Å². The van der Waals surface area contributed by atoms with Crippen LogP contribution in [0.3, 0.4) is 0 Å². The molecule has 0 saturated carbocycles. The monoisotopic (exact) mass is 415 g/mol. The maximum atomic E-state index is 12.9. The van der Waals surface area contributed by atoms with E-state index in [1.807, 2.05) is 34.1 Å². The molecule has 7 nitrogen and oxygen atoms in total. The van der Waals surface area contributed by atoms with Crippen LogP contribution in [-0.2, 0) is 22.6 Å². The number of carbonyl (C=O) groups is 1. The second kappa shape index (κ2) is 9.08. The largest absolute Gasteiger partial charge is 0.383 e. The van der Waals surface area contributed by atoms with Gasteiger partial charge >= 0.3 is 0 Å². The molecule has 156 valence electrons. The fourth-order valence-corrected chi connectivity index (χ4v) is 4.72. The zero-order valence-corrected chi connectivity index (χ0v) is 18.3. The lowest BCUT2D eigenvalue weighted by molar-refractivity contribution is -0.133. The Bertz CT molecular complexity index is 876. The first-order chi connectivity index (χ1) is 13.8. The van der Waals surface area contributed by atoms with E-state index in [2.05, 4.69) is 37.3 Å². The SMILES string of the molecule is COCCn1cc([C@H]2[C@H](CNCc3ccc(C#N)s3)CC(=O)N2C(C)(C)C)cn1. The van der Waals surface area contributed by atoms with Gasteiger partial charge in [-0.25, -0.2) is 0 Å². The Morgan fingerprint density at radius 1 is 1.41 bits per heavy atom. The van der Waals surface area contributed by atoms with E-state index in [1.54, 1.807) is 7.11 Å². The molecule has 1 N–H and O–H groups in total. The van der Waals surface area contributed by atoms with Crippen molar-refractivity contribution in [3.63, 3.8) is 0 Å². The Balaban J connectivity index is 1.74. The Kier molecular flexibility index (Phi) is 6.73. The molecule has 0 aliphatic carbocycles. The Hall–Kier alpha value is -2.21. The average molecular weight is 416 g/mol. The highest BCUT2D eigenvalue weighted by Gasteiger charge is 2.45. The van der Waals surface area contributed by atoms with E-state index in [-0.39, 0.29) is 23.4 Å². The number of ether oxygens (including phenoxy) is 1. The van der Waals surface area contributed by atoms with Crippen LogP contribution in [0.2, 0.25) is 0 Å². The second-order valence-electron chi connectivity index (χ2n) is 8.38. The molecule has 29 heavy (non-hydrogen) atoms. The molecular formula is C21H29N5O2S. The number of rotatable bonds is 8. The summed E-state index contributed by atoms with van der Waals surface area (Å²) in [5, 5.41) is 16.9. The summed E-state index contributed by atoms with van der Waals surface area (Å²) >= 11 is 1.50. The number of nitriles is 1. The van der Waals surface area contributed by atoms with Crippen LogP contribution in [-0.4, -0.2) is 46.4 Å². The Morgan fingerprint density at radius 3 is 2.86 bits per heavy atom. The van der Waals surface area contributed by atoms with E-state index in [4.69, 9.17) is 10.00 Å². The van der Waals surface area contributed by atoms with Gasteiger partial charge in [0, 0.05) is 54.7 Å². The zero-order chi connectivity index (χ0) is 21.0. The topological polar surface area (TPSA) is 83.2 Å². The van der Waals surface area contributed by atoms with Gasteiger partial charge in [0.1, 0.15) is 10.9 Å². The summed E-state index contributed by atoms with van der Waals surface area (Å²) in [5.74, 6) is 0.346. The predicted octanol–water partition coefficient (Wildman–Crippen LogP) is 2.94. The molecule has 2 aromatic heterocycles. The van der Waals surface area contributed by atoms with Crippen molar-refractivity contribution in [1.29, 1.82) is 5.26 Å². The molecule has 0 unspecified atom stereocenters. The number of amides is 1. The first kappa shape index (κ1) is 21.5. The molecule has 1 aliphatic heterocycles. The Morgan fingerprint density at radius 2 is 2.21 bits per heavy atom. The molecule has 0 spiro atoms. The first-order valence-electron chi connectivity index (χ1n) is 9.86. The summed E-state index contributed by atoms with van der Waals surface area (Å²) in [7, 11) is 1.68. The smallest absolute Gasteiger partial charge is 0.223 e. The van der Waals surface area contributed by atoms with Gasteiger partial charge in [-0.1, -0.05) is 0 Å². The number of likely N-dealkylation sites (tertiary alicyclic amines) is 1. The van der Waals surface area contributed by atoms with Crippen molar-refractivity contribution < 1.29 is 9.53 Å². The van der Waals surface area contributed by atoms with Crippen molar-refractivity contribution in [3.05, 3.63) is 39.8 Å². The van der Waals surface area contributed by atoms with Gasteiger partial charge in [-0.2, -0.15) is 10.4 Å². The summed E-state index contributed by atoms with van der Waals surface area (Å²) in [6.45, 7) is 8.96. The van der Waals surface area contributed by atoms with Crippen molar-refractivity contribution in [3.8, 4) is 6.07 Å². The average Bonchev–Trinajstić information content (AvgIpc) is 3.37. The highest BCUT2D eigenvalue weighted by atomic mass is 32.1. The molecule has 1 fully saturated rings. The molecule has 3 heterocycles. The van der Waals surface area contributed by atoms with Crippen LogP contribution in [0.5, 0.6) is 0 Å². The van der Waals surface area contributed by atoms with Crippen molar-refractivity contribution in [2.45, 2.75) is 51.9 Å². The third kappa shape index (κ3) is 5.04. The van der Waals surface area contributed by atoms with Gasteiger partial charge in [0.05, 0.1) is 25.4 Å². The van der Waals surface area contributed by atoms with E-state index in [0.717, 1.165) is 21.9 Å². The third-order valence-electron chi connectivity index (χ3n) is 5.15. The van der Waals surface area contributed by atoms with E-state index in [0.29, 0.717) is 26.1 Å². The summed E-state index contributed by atoms with van der Waals surface area (Å²) in [4.78, 5) is 16.7. The summed E-state index contributed by atoms with van der Waals surface area (Å²) in [5.41, 5.74) is 0.803. The molecule has 8 heteroatoms. The number of carbonyl (C=O) groups excluding carboxylic acids is 1. The number of nitrogens with zero attached hydrogens (tertiary/aromatic N) is 4. The highest BCUT2D eigenvalue weighted by molar-refractivity contribution is 7.12. The molecule has 0 radical (unpaired) electrons. The Labute approximate surface area is 176 Å². The van der Waals surface area contributed by atoms with E-state index in [1.165, 1.54) is 11.3 Å². The molecular weight excluding hydrogens is 386 g/mol. The van der Waals surface area contributed by atoms with Crippen molar-refractivity contribution in [2.24, 2.45) is 5.92 Å². The molecule has 1 aliphatic rings. The molecule has 0 bridgehead atoms. The number of nitrogens with one attached hydrogen (secondary N) is 1. The molecule has 1 saturated heterocycles. The maximum Gasteiger partial charge on any atom is 0.223 e. The standard InChI is InChI=1S/C21H29N5O2S/c1-21(2,3)26-19(27)9-15(11-23-13-18-6-5-17(10-22)29-18)20(26)16-12-24-25(14-16)7-8-28-4/h5-6,12,14-15,20,23H,7-9,11,13H2,1-4H3/t15-,20+/m0/s1. The third-order valence-corrected chi connectivity index (χ3v) is 6.14. The number of thiophene rings is 1. The van der Waals surface area contributed by atoms with Gasteiger partial charge in [-0.15, -0.1) is 11.3 Å². The zero-order valence-electron chi connectivity index (χ0n) is 17.5. The van der Waals surface area contributed by atoms with Gasteiger partial charge in [0.2, 0.25) is 5.91 Å². The van der Waals surface area contributed by atoms with Crippen molar-refractivity contribution in [2.75, 3.05) is 20.3 Å². The molecule has 3 rings (SSSR count). The second-order valence-corrected chi connectivity index (χ2v) is 9.55. The van der Waals surface area contributed by atoms with E-state index in [9.17, 15) is 4.79 Å². The summed E-state index contributed by atoms with van der Waals surface area (Å²) in [6.07, 6.45) is 4.43. The summed E-state index contributed by atoms with van der Waals surface area (Å²) in [6, 6.07) is 5.99. The van der Waals surface area contributed by atoms with Gasteiger partial charge in [0.15, 0.2) is 0 Å². The van der Waals surface area contributed by atoms with Crippen LogP contribution in [0.1, 0.15) is 48.6 Å². The van der Waals surface area contributed by atoms with Crippen LogP contribution >= 0.6 is 11.3 Å². The van der Waals surface area contributed by atoms with Crippen molar-refractivity contribution >= 4 is 17.2 Å². The quantitative estimate of drug-likeness (QED) is 0.717. The maximum absolute atomic E-state index is 12.9. The van der Waals surface area contributed by atoms with Crippen LogP contribution in [0.15, 0.2) is 24.5 Å². The lowest BCUT2D eigenvalue weighted by Crippen LogP contribution is -2.44. The first-order valence-corrected chi connectivity index (χ1v) is 10.7. The van der Waals surface area contributed by atoms with E-state index < -0.39 is 0 Å². The summed E-state index contributed by atoms with van der Waals surface area (Å²) < 4.78 is 7.02. The predicted molar refractivity (Wildman–Crippen MR) is 112 cm³/mol. The normalized spacial score (nSPS) is 19.7. The molecule has 0 aromatic carbocycles. The molecule has 2 aromatic rings. The van der Waals surface area contributed by atoms with Gasteiger partial charge in [-0.05, 0) is 32.9 Å². The van der Waals surface area contributed by atoms with Crippen LogP contribution in [0, 0.1) is 17.2 Å². The lowest BCUT2D eigenvalue weighted by atomic mass is 9.93. The number of hydrogen-bond acceptors (Lipinski definition) is 6. The van der Waals surface area contributed by atoms with Crippen molar-refractivity contribution in [1.82, 2.24) is 20.0 Å². The lowest BCUT2D eigenvalue weighted by Gasteiger charge is -2.38. The number of hydrogen-bond donors (Lipinski definition) is 1. The highest BCUT2D eigenvalue weighted by Crippen LogP contribution is 2.42. The number of aromatic nitrogens is 2. The fourth-order valence-electron chi connectivity index (χ4n) is 3.95.